The highest BCUT2D eigenvalue weighted by Crippen LogP contribution is 2.30. The zero-order chi connectivity index (χ0) is 12.1. The van der Waals surface area contributed by atoms with E-state index in [0.717, 1.165) is 0 Å². The molecule has 5 heteroatoms. The molecule has 0 radical (unpaired) electrons. The Kier molecular flexibility index (Phi) is 4.54. The number of aliphatic hydroxyl groups excluding tert-OH is 3. The summed E-state index contributed by atoms with van der Waals surface area (Å²) in [6.07, 6.45) is -2.36. The maximum absolute atomic E-state index is 9.67. The molecule has 1 rings (SSSR count). The smallest absolute Gasteiger partial charge is 0.161 e. The Labute approximate surface area is 93.9 Å². The Bertz CT molecular complexity index is 339. The zero-order valence-electron chi connectivity index (χ0n) is 9.25. The third-order valence-electron chi connectivity index (χ3n) is 2.30. The third-order valence-corrected chi connectivity index (χ3v) is 2.30. The summed E-state index contributed by atoms with van der Waals surface area (Å²) in [4.78, 5) is 0. The van der Waals surface area contributed by atoms with Crippen molar-refractivity contribution >= 4 is 0 Å². The van der Waals surface area contributed by atoms with E-state index in [0.29, 0.717) is 17.1 Å². The van der Waals surface area contributed by atoms with Gasteiger partial charge in [0, 0.05) is 0 Å². The second-order valence-electron chi connectivity index (χ2n) is 3.31. The van der Waals surface area contributed by atoms with Crippen LogP contribution in [0.1, 0.15) is 11.7 Å². The molecular weight excluding hydrogens is 212 g/mol. The molecule has 0 aliphatic heterocycles. The molecule has 0 saturated carbocycles. The molecule has 90 valence electrons. The fourth-order valence-electron chi connectivity index (χ4n) is 1.36. The minimum absolute atomic E-state index is 0.458. The molecule has 0 bridgehead atoms. The van der Waals surface area contributed by atoms with Gasteiger partial charge in [-0.05, 0) is 17.7 Å². The van der Waals surface area contributed by atoms with Crippen LogP contribution >= 0.6 is 0 Å². The molecule has 0 aromatic heterocycles. The molecule has 3 N–H and O–H groups in total. The average Bonchev–Trinajstić information content (AvgIpc) is 2.35. The van der Waals surface area contributed by atoms with E-state index in [2.05, 4.69) is 0 Å². The Morgan fingerprint density at radius 2 is 1.75 bits per heavy atom. The first kappa shape index (κ1) is 12.8. The summed E-state index contributed by atoms with van der Waals surface area (Å²) in [5.74, 6) is 1.00. The monoisotopic (exact) mass is 228 g/mol. The summed E-state index contributed by atoms with van der Waals surface area (Å²) >= 11 is 0. The molecule has 0 amide bonds. The third kappa shape index (κ3) is 2.63. The van der Waals surface area contributed by atoms with Gasteiger partial charge in [-0.25, -0.2) is 0 Å². The summed E-state index contributed by atoms with van der Waals surface area (Å²) in [5, 5.41) is 27.7. The Morgan fingerprint density at radius 3 is 2.25 bits per heavy atom. The Hall–Kier alpha value is -1.30. The van der Waals surface area contributed by atoms with E-state index in [1.54, 1.807) is 18.2 Å². The number of rotatable bonds is 5. The lowest BCUT2D eigenvalue weighted by molar-refractivity contribution is -0.0153. The van der Waals surface area contributed by atoms with Gasteiger partial charge in [0.1, 0.15) is 12.2 Å². The van der Waals surface area contributed by atoms with Crippen molar-refractivity contribution in [2.24, 2.45) is 0 Å². The maximum Gasteiger partial charge on any atom is 0.161 e. The van der Waals surface area contributed by atoms with E-state index in [-0.39, 0.29) is 0 Å². The lowest BCUT2D eigenvalue weighted by Gasteiger charge is -2.17. The van der Waals surface area contributed by atoms with Crippen LogP contribution in [0, 0.1) is 0 Å². The van der Waals surface area contributed by atoms with Gasteiger partial charge >= 0.3 is 0 Å². The second kappa shape index (κ2) is 5.69. The van der Waals surface area contributed by atoms with Crippen molar-refractivity contribution in [1.29, 1.82) is 0 Å². The SMILES string of the molecule is COc1ccc([C@H](O)[C@H](O)CO)cc1OC. The second-order valence-corrected chi connectivity index (χ2v) is 3.31. The summed E-state index contributed by atoms with van der Waals surface area (Å²) in [6, 6.07) is 4.79. The van der Waals surface area contributed by atoms with Crippen molar-refractivity contribution in [1.82, 2.24) is 0 Å². The minimum atomic E-state index is -1.21. The van der Waals surface area contributed by atoms with Gasteiger partial charge in [-0.2, -0.15) is 0 Å². The van der Waals surface area contributed by atoms with E-state index in [9.17, 15) is 10.2 Å². The van der Waals surface area contributed by atoms with Crippen molar-refractivity contribution in [3.05, 3.63) is 23.8 Å². The summed E-state index contributed by atoms with van der Waals surface area (Å²) < 4.78 is 10.1. The molecule has 2 atom stereocenters. The maximum atomic E-state index is 9.67. The quantitative estimate of drug-likeness (QED) is 0.665. The molecule has 16 heavy (non-hydrogen) atoms. The molecular formula is C11H16O5. The van der Waals surface area contributed by atoms with Crippen LogP contribution in [0.5, 0.6) is 11.5 Å². The molecule has 0 aliphatic rings. The van der Waals surface area contributed by atoms with E-state index in [1.165, 1.54) is 14.2 Å². The predicted octanol–water partition coefficient (Wildman–Crippen LogP) is 0.0904. The van der Waals surface area contributed by atoms with Gasteiger partial charge < -0.3 is 24.8 Å². The zero-order valence-corrected chi connectivity index (χ0v) is 9.25. The van der Waals surface area contributed by atoms with Crippen LogP contribution in [0.4, 0.5) is 0 Å². The van der Waals surface area contributed by atoms with Crippen molar-refractivity contribution in [3.8, 4) is 11.5 Å². The summed E-state index contributed by atoms with van der Waals surface area (Å²) in [6.45, 7) is -0.504. The van der Waals surface area contributed by atoms with Crippen molar-refractivity contribution in [2.75, 3.05) is 20.8 Å². The number of hydrogen-bond acceptors (Lipinski definition) is 5. The van der Waals surface area contributed by atoms with Crippen LogP contribution in [-0.2, 0) is 0 Å². The number of benzene rings is 1. The topological polar surface area (TPSA) is 79.2 Å². The van der Waals surface area contributed by atoms with Crippen LogP contribution < -0.4 is 9.47 Å². The standard InChI is InChI=1S/C11H16O5/c1-15-9-4-3-7(5-10(9)16-2)11(14)8(13)6-12/h3-5,8,11-14H,6H2,1-2H3/t8-,11+/m1/s1. The molecule has 0 saturated heterocycles. The van der Waals surface area contributed by atoms with E-state index in [1.807, 2.05) is 0 Å². The lowest BCUT2D eigenvalue weighted by Crippen LogP contribution is -2.22. The van der Waals surface area contributed by atoms with Gasteiger partial charge in [0.2, 0.25) is 0 Å². The van der Waals surface area contributed by atoms with Crippen LogP contribution in [0.25, 0.3) is 0 Å². The minimum Gasteiger partial charge on any atom is -0.493 e. The highest BCUT2D eigenvalue weighted by molar-refractivity contribution is 5.43. The Morgan fingerprint density at radius 1 is 1.12 bits per heavy atom. The molecule has 5 nitrogen and oxygen atoms in total. The molecule has 0 heterocycles. The highest BCUT2D eigenvalue weighted by atomic mass is 16.5. The van der Waals surface area contributed by atoms with Gasteiger partial charge in [0.05, 0.1) is 20.8 Å². The predicted molar refractivity (Wildman–Crippen MR) is 57.6 cm³/mol. The van der Waals surface area contributed by atoms with E-state index >= 15 is 0 Å². The first-order valence-electron chi connectivity index (χ1n) is 4.83. The molecule has 0 aliphatic carbocycles. The fraction of sp³-hybridized carbons (Fsp3) is 0.455. The van der Waals surface area contributed by atoms with Crippen LogP contribution in [-0.4, -0.2) is 42.3 Å². The van der Waals surface area contributed by atoms with Crippen molar-refractivity contribution < 1.29 is 24.8 Å². The van der Waals surface area contributed by atoms with Crippen LogP contribution in [0.3, 0.4) is 0 Å². The van der Waals surface area contributed by atoms with Crippen LogP contribution in [0.15, 0.2) is 18.2 Å². The molecule has 0 spiro atoms. The van der Waals surface area contributed by atoms with Gasteiger partial charge in [-0.3, -0.25) is 0 Å². The van der Waals surface area contributed by atoms with Crippen molar-refractivity contribution in [3.63, 3.8) is 0 Å². The largest absolute Gasteiger partial charge is 0.493 e. The molecule has 0 unspecified atom stereocenters. The van der Waals surface area contributed by atoms with Gasteiger partial charge in [0.15, 0.2) is 11.5 Å². The van der Waals surface area contributed by atoms with Gasteiger partial charge in [0.25, 0.3) is 0 Å². The number of aliphatic hydroxyl groups is 3. The van der Waals surface area contributed by atoms with Crippen molar-refractivity contribution in [2.45, 2.75) is 12.2 Å². The number of hydrogen-bond donors (Lipinski definition) is 3. The number of methoxy groups -OCH3 is 2. The normalized spacial score (nSPS) is 14.3. The molecule has 0 fully saturated rings. The first-order chi connectivity index (χ1) is 7.63. The first-order valence-corrected chi connectivity index (χ1v) is 4.83. The van der Waals surface area contributed by atoms with E-state index < -0.39 is 18.8 Å². The highest BCUT2D eigenvalue weighted by Gasteiger charge is 2.18. The molecule has 1 aromatic rings. The van der Waals surface area contributed by atoms with E-state index in [4.69, 9.17) is 14.6 Å². The van der Waals surface area contributed by atoms with Gasteiger partial charge in [-0.15, -0.1) is 0 Å². The summed E-state index contributed by atoms with van der Waals surface area (Å²) in [5.41, 5.74) is 0.458. The fourth-order valence-corrected chi connectivity index (χ4v) is 1.36. The van der Waals surface area contributed by atoms with Crippen LogP contribution in [0.2, 0.25) is 0 Å². The molecule has 1 aromatic carbocycles. The Balaban J connectivity index is 2.98. The number of ether oxygens (including phenoxy) is 2. The lowest BCUT2D eigenvalue weighted by atomic mass is 10.0. The van der Waals surface area contributed by atoms with Gasteiger partial charge in [-0.1, -0.05) is 6.07 Å². The average molecular weight is 228 g/mol. The summed E-state index contributed by atoms with van der Waals surface area (Å²) in [7, 11) is 2.99.